The van der Waals surface area contributed by atoms with Gasteiger partial charge in [-0.05, 0) is 32.4 Å². The SMILES string of the molecule is COCCN(CCOC)c1nc(C)nc2c(-c3c(C)cc(OC)cc3OC)c(C)nn12. The minimum atomic E-state index is 0.562. The van der Waals surface area contributed by atoms with Crippen molar-refractivity contribution in [1.82, 2.24) is 19.6 Å². The lowest BCUT2D eigenvalue weighted by Gasteiger charge is -2.23. The lowest BCUT2D eigenvalue weighted by Crippen LogP contribution is -2.33. The smallest absolute Gasteiger partial charge is 0.230 e. The Morgan fingerprint density at radius 2 is 1.55 bits per heavy atom. The zero-order valence-corrected chi connectivity index (χ0v) is 19.4. The number of rotatable bonds is 10. The minimum absolute atomic E-state index is 0.562. The molecule has 3 rings (SSSR count). The lowest BCUT2D eigenvalue weighted by molar-refractivity contribution is 0.189. The molecule has 2 aromatic heterocycles. The maximum atomic E-state index is 5.71. The van der Waals surface area contributed by atoms with E-state index in [0.29, 0.717) is 43.8 Å². The van der Waals surface area contributed by atoms with E-state index in [4.69, 9.17) is 34.0 Å². The topological polar surface area (TPSA) is 83.2 Å². The van der Waals surface area contributed by atoms with Crippen molar-refractivity contribution in [3.05, 3.63) is 29.2 Å². The summed E-state index contributed by atoms with van der Waals surface area (Å²) in [6, 6.07) is 3.86. The third kappa shape index (κ3) is 4.57. The van der Waals surface area contributed by atoms with Gasteiger partial charge in [-0.25, -0.2) is 4.98 Å². The highest BCUT2D eigenvalue weighted by molar-refractivity contribution is 5.86. The Hall–Kier alpha value is -2.91. The fraction of sp³-hybridized carbons (Fsp3) is 0.500. The van der Waals surface area contributed by atoms with Crippen LogP contribution in [0.2, 0.25) is 0 Å². The molecule has 0 aliphatic heterocycles. The molecule has 9 heteroatoms. The van der Waals surface area contributed by atoms with Gasteiger partial charge in [-0.15, -0.1) is 0 Å². The Morgan fingerprint density at radius 1 is 0.871 bits per heavy atom. The van der Waals surface area contributed by atoms with E-state index in [1.807, 2.05) is 32.9 Å². The Kier molecular flexibility index (Phi) is 7.29. The van der Waals surface area contributed by atoms with Gasteiger partial charge in [0.15, 0.2) is 5.65 Å². The van der Waals surface area contributed by atoms with E-state index in [9.17, 15) is 0 Å². The molecule has 2 heterocycles. The summed E-state index contributed by atoms with van der Waals surface area (Å²) >= 11 is 0. The molecule has 0 saturated heterocycles. The average molecular weight is 430 g/mol. The summed E-state index contributed by atoms with van der Waals surface area (Å²) in [5, 5.41) is 4.81. The van der Waals surface area contributed by atoms with Crippen LogP contribution in [0.5, 0.6) is 11.5 Å². The number of ether oxygens (including phenoxy) is 4. The van der Waals surface area contributed by atoms with Crippen LogP contribution in [0.4, 0.5) is 5.95 Å². The van der Waals surface area contributed by atoms with Crippen LogP contribution in [0.25, 0.3) is 16.8 Å². The normalized spacial score (nSPS) is 11.2. The molecular weight excluding hydrogens is 398 g/mol. The highest BCUT2D eigenvalue weighted by atomic mass is 16.5. The van der Waals surface area contributed by atoms with Gasteiger partial charge < -0.3 is 23.8 Å². The highest BCUT2D eigenvalue weighted by Crippen LogP contribution is 2.40. The minimum Gasteiger partial charge on any atom is -0.497 e. The Balaban J connectivity index is 2.24. The van der Waals surface area contributed by atoms with E-state index in [2.05, 4.69) is 4.90 Å². The first kappa shape index (κ1) is 22.8. The van der Waals surface area contributed by atoms with Crippen molar-refractivity contribution in [2.75, 3.05) is 59.6 Å². The van der Waals surface area contributed by atoms with Crippen LogP contribution in [0.1, 0.15) is 17.1 Å². The van der Waals surface area contributed by atoms with Gasteiger partial charge in [-0.1, -0.05) is 0 Å². The summed E-state index contributed by atoms with van der Waals surface area (Å²) in [6.07, 6.45) is 0. The zero-order chi connectivity index (χ0) is 22.5. The van der Waals surface area contributed by atoms with Crippen molar-refractivity contribution in [2.24, 2.45) is 0 Å². The molecule has 0 amide bonds. The maximum absolute atomic E-state index is 5.71. The van der Waals surface area contributed by atoms with E-state index in [1.54, 1.807) is 33.0 Å². The van der Waals surface area contributed by atoms with Gasteiger partial charge >= 0.3 is 0 Å². The van der Waals surface area contributed by atoms with E-state index < -0.39 is 0 Å². The number of benzene rings is 1. The maximum Gasteiger partial charge on any atom is 0.230 e. The number of hydrogen-bond donors (Lipinski definition) is 0. The predicted molar refractivity (Wildman–Crippen MR) is 119 cm³/mol. The molecule has 0 radical (unpaired) electrons. The first-order valence-electron chi connectivity index (χ1n) is 10.1. The van der Waals surface area contributed by atoms with Crippen LogP contribution in [0, 0.1) is 20.8 Å². The molecule has 0 unspecified atom stereocenters. The van der Waals surface area contributed by atoms with Crippen LogP contribution in [-0.4, -0.2) is 74.3 Å². The van der Waals surface area contributed by atoms with Crippen molar-refractivity contribution in [1.29, 1.82) is 0 Å². The second-order valence-corrected chi connectivity index (χ2v) is 7.26. The van der Waals surface area contributed by atoms with E-state index in [1.165, 1.54) is 0 Å². The number of nitrogens with zero attached hydrogens (tertiary/aromatic N) is 5. The molecule has 0 atom stereocenters. The number of fused-ring (bicyclic) bond motifs is 1. The van der Waals surface area contributed by atoms with E-state index in [-0.39, 0.29) is 0 Å². The summed E-state index contributed by atoms with van der Waals surface area (Å²) in [4.78, 5) is 11.6. The first-order valence-corrected chi connectivity index (χ1v) is 10.1. The molecular formula is C22H31N5O4. The Bertz CT molecular complexity index is 1040. The fourth-order valence-electron chi connectivity index (χ4n) is 3.66. The van der Waals surface area contributed by atoms with Crippen LogP contribution in [0.3, 0.4) is 0 Å². The molecule has 168 valence electrons. The number of aryl methyl sites for hydroxylation is 3. The lowest BCUT2D eigenvalue weighted by atomic mass is 9.99. The number of methoxy groups -OCH3 is 4. The second kappa shape index (κ2) is 9.93. The molecule has 31 heavy (non-hydrogen) atoms. The molecule has 0 aliphatic rings. The standard InChI is InChI=1S/C22H31N5O4/c1-14-12-17(30-6)13-18(31-7)19(14)20-15(2)25-27-21(20)23-16(3)24-22(27)26(8-10-28-4)9-11-29-5/h12-13H,8-11H2,1-7H3. The molecule has 0 aliphatic carbocycles. The Labute approximate surface area is 182 Å². The van der Waals surface area contributed by atoms with Crippen LogP contribution in [0.15, 0.2) is 12.1 Å². The summed E-state index contributed by atoms with van der Waals surface area (Å²) in [7, 11) is 6.67. The van der Waals surface area contributed by atoms with Gasteiger partial charge in [0.05, 0.1) is 38.7 Å². The molecule has 0 bridgehead atoms. The van der Waals surface area contributed by atoms with Crippen molar-refractivity contribution in [2.45, 2.75) is 20.8 Å². The predicted octanol–water partition coefficient (Wildman–Crippen LogP) is 2.83. The van der Waals surface area contributed by atoms with Crippen molar-refractivity contribution in [3.8, 4) is 22.6 Å². The number of hydrogen-bond acceptors (Lipinski definition) is 8. The van der Waals surface area contributed by atoms with Crippen molar-refractivity contribution < 1.29 is 18.9 Å². The second-order valence-electron chi connectivity index (χ2n) is 7.26. The summed E-state index contributed by atoms with van der Waals surface area (Å²) in [6.45, 7) is 8.33. The van der Waals surface area contributed by atoms with Gasteiger partial charge in [0.2, 0.25) is 5.95 Å². The van der Waals surface area contributed by atoms with Crippen molar-refractivity contribution >= 4 is 11.6 Å². The average Bonchev–Trinajstić information content (AvgIpc) is 3.08. The monoisotopic (exact) mass is 429 g/mol. The van der Waals surface area contributed by atoms with E-state index in [0.717, 1.165) is 33.8 Å². The molecule has 0 spiro atoms. The van der Waals surface area contributed by atoms with Crippen LogP contribution in [-0.2, 0) is 9.47 Å². The zero-order valence-electron chi connectivity index (χ0n) is 19.4. The molecule has 0 fully saturated rings. The largest absolute Gasteiger partial charge is 0.497 e. The van der Waals surface area contributed by atoms with Crippen molar-refractivity contribution in [3.63, 3.8) is 0 Å². The third-order valence-corrected chi connectivity index (χ3v) is 5.15. The summed E-state index contributed by atoms with van der Waals surface area (Å²) in [5.41, 5.74) is 4.45. The summed E-state index contributed by atoms with van der Waals surface area (Å²) in [5.74, 6) is 2.82. The Morgan fingerprint density at radius 3 is 2.13 bits per heavy atom. The highest BCUT2D eigenvalue weighted by Gasteiger charge is 2.24. The molecule has 0 saturated carbocycles. The van der Waals surface area contributed by atoms with Crippen LogP contribution >= 0.6 is 0 Å². The third-order valence-electron chi connectivity index (χ3n) is 5.15. The van der Waals surface area contributed by atoms with Gasteiger partial charge in [0, 0.05) is 38.9 Å². The first-order chi connectivity index (χ1) is 14.9. The van der Waals surface area contributed by atoms with Crippen LogP contribution < -0.4 is 14.4 Å². The molecule has 1 aromatic carbocycles. The summed E-state index contributed by atoms with van der Waals surface area (Å²) < 4.78 is 23.5. The number of aromatic nitrogens is 4. The fourth-order valence-corrected chi connectivity index (χ4v) is 3.66. The van der Waals surface area contributed by atoms with E-state index >= 15 is 0 Å². The molecule has 0 N–H and O–H groups in total. The van der Waals surface area contributed by atoms with Gasteiger partial charge in [0.1, 0.15) is 17.3 Å². The quantitative estimate of drug-likeness (QED) is 0.487. The van der Waals surface area contributed by atoms with Gasteiger partial charge in [0.25, 0.3) is 0 Å². The van der Waals surface area contributed by atoms with Gasteiger partial charge in [-0.3, -0.25) is 0 Å². The molecule has 9 nitrogen and oxygen atoms in total. The molecule has 3 aromatic rings. The van der Waals surface area contributed by atoms with Gasteiger partial charge in [-0.2, -0.15) is 14.6 Å². The number of anilines is 1.